The van der Waals surface area contributed by atoms with Gasteiger partial charge in [-0.3, -0.25) is 4.79 Å². The van der Waals surface area contributed by atoms with E-state index in [-0.39, 0.29) is 12.5 Å². The van der Waals surface area contributed by atoms with Gasteiger partial charge in [-0.25, -0.2) is 0 Å². The van der Waals surface area contributed by atoms with Gasteiger partial charge in [0, 0.05) is 6.54 Å². The highest BCUT2D eigenvalue weighted by molar-refractivity contribution is 6.42. The number of halogens is 2. The molecule has 0 saturated heterocycles. The van der Waals surface area contributed by atoms with Crippen molar-refractivity contribution in [3.63, 3.8) is 0 Å². The van der Waals surface area contributed by atoms with Crippen LogP contribution in [0, 0.1) is 0 Å². The first-order valence-corrected chi connectivity index (χ1v) is 6.21. The minimum atomic E-state index is -0.198. The number of nitrogens with two attached hydrogens (primary N) is 1. The second-order valence-electron chi connectivity index (χ2n) is 3.44. The summed E-state index contributed by atoms with van der Waals surface area (Å²) in [6.07, 6.45) is 1.25. The van der Waals surface area contributed by atoms with Gasteiger partial charge in [-0.2, -0.15) is 0 Å². The van der Waals surface area contributed by atoms with E-state index in [2.05, 4.69) is 19.2 Å². The van der Waals surface area contributed by atoms with Crippen LogP contribution < -0.4 is 11.1 Å². The van der Waals surface area contributed by atoms with E-state index in [1.54, 1.807) is 18.2 Å². The smallest absolute Gasteiger partial charge is 0.234 e. The topological polar surface area (TPSA) is 55.1 Å². The summed E-state index contributed by atoms with van der Waals surface area (Å²) in [5.41, 5.74) is 6.02. The van der Waals surface area contributed by atoms with Gasteiger partial charge in [0.25, 0.3) is 0 Å². The first-order valence-electron chi connectivity index (χ1n) is 5.45. The zero-order valence-corrected chi connectivity index (χ0v) is 11.6. The van der Waals surface area contributed by atoms with Crippen LogP contribution in [0.3, 0.4) is 0 Å². The highest BCUT2D eigenvalue weighted by atomic mass is 35.5. The van der Waals surface area contributed by atoms with E-state index in [4.69, 9.17) is 28.9 Å². The first kappa shape index (κ1) is 16.2. The van der Waals surface area contributed by atoms with Crippen LogP contribution in [-0.4, -0.2) is 12.5 Å². The van der Waals surface area contributed by atoms with Gasteiger partial charge < -0.3 is 11.1 Å². The SMILES string of the molecule is CCC.NCC(=O)NCc1ccc(Cl)c(Cl)c1. The lowest BCUT2D eigenvalue weighted by Crippen LogP contribution is -2.29. The Labute approximate surface area is 112 Å². The Bertz CT molecular complexity index is 356. The molecule has 0 aromatic heterocycles. The van der Waals surface area contributed by atoms with Crippen LogP contribution >= 0.6 is 23.2 Å². The first-order chi connectivity index (χ1) is 8.04. The van der Waals surface area contributed by atoms with Crippen LogP contribution in [0.15, 0.2) is 18.2 Å². The summed E-state index contributed by atoms with van der Waals surface area (Å²) in [5.74, 6) is -0.198. The fourth-order valence-electron chi connectivity index (χ4n) is 0.922. The Hall–Kier alpha value is -0.770. The van der Waals surface area contributed by atoms with Crippen molar-refractivity contribution in [2.24, 2.45) is 5.73 Å². The van der Waals surface area contributed by atoms with Gasteiger partial charge in [-0.1, -0.05) is 49.5 Å². The molecule has 17 heavy (non-hydrogen) atoms. The van der Waals surface area contributed by atoms with Gasteiger partial charge in [0.15, 0.2) is 0 Å². The van der Waals surface area contributed by atoms with Crippen LogP contribution in [0.2, 0.25) is 10.0 Å². The maximum Gasteiger partial charge on any atom is 0.234 e. The monoisotopic (exact) mass is 276 g/mol. The highest BCUT2D eigenvalue weighted by Crippen LogP contribution is 2.22. The van der Waals surface area contributed by atoms with Crippen LogP contribution in [0.25, 0.3) is 0 Å². The van der Waals surface area contributed by atoms with Gasteiger partial charge >= 0.3 is 0 Å². The third-order valence-electron chi connectivity index (χ3n) is 1.66. The van der Waals surface area contributed by atoms with Crippen LogP contribution in [-0.2, 0) is 11.3 Å². The molecule has 0 unspecified atom stereocenters. The van der Waals surface area contributed by atoms with Crippen molar-refractivity contribution < 1.29 is 4.79 Å². The summed E-state index contributed by atoms with van der Waals surface area (Å²) in [6.45, 7) is 4.65. The van der Waals surface area contributed by atoms with Gasteiger partial charge in [-0.15, -0.1) is 0 Å². The Balaban J connectivity index is 0.000000770. The molecular formula is C12H18Cl2N2O. The predicted molar refractivity (Wildman–Crippen MR) is 73.3 cm³/mol. The van der Waals surface area contributed by atoms with Crippen LogP contribution in [0.1, 0.15) is 25.8 Å². The molecule has 3 N–H and O–H groups in total. The summed E-state index contributed by atoms with van der Waals surface area (Å²) < 4.78 is 0. The summed E-state index contributed by atoms with van der Waals surface area (Å²) in [5, 5.41) is 3.61. The van der Waals surface area contributed by atoms with Crippen LogP contribution in [0.5, 0.6) is 0 Å². The highest BCUT2D eigenvalue weighted by Gasteiger charge is 2.01. The molecule has 1 amide bonds. The number of rotatable bonds is 3. The summed E-state index contributed by atoms with van der Waals surface area (Å²) in [6, 6.07) is 5.19. The van der Waals surface area contributed by atoms with E-state index in [1.807, 2.05) is 0 Å². The van der Waals surface area contributed by atoms with Crippen molar-refractivity contribution in [1.82, 2.24) is 5.32 Å². The van der Waals surface area contributed by atoms with Crippen molar-refractivity contribution in [3.05, 3.63) is 33.8 Å². The van der Waals surface area contributed by atoms with Gasteiger partial charge in [-0.05, 0) is 17.7 Å². The van der Waals surface area contributed by atoms with Crippen molar-refractivity contribution in [3.8, 4) is 0 Å². The van der Waals surface area contributed by atoms with Crippen molar-refractivity contribution >= 4 is 29.1 Å². The molecule has 0 aliphatic heterocycles. The van der Waals surface area contributed by atoms with Crippen molar-refractivity contribution in [2.75, 3.05) is 6.54 Å². The quantitative estimate of drug-likeness (QED) is 0.892. The molecule has 1 aromatic carbocycles. The molecule has 1 aromatic rings. The van der Waals surface area contributed by atoms with E-state index in [0.29, 0.717) is 16.6 Å². The Morgan fingerprint density at radius 1 is 1.29 bits per heavy atom. The lowest BCUT2D eigenvalue weighted by molar-refractivity contribution is -0.119. The molecule has 0 fully saturated rings. The van der Waals surface area contributed by atoms with Gasteiger partial charge in [0.2, 0.25) is 5.91 Å². The van der Waals surface area contributed by atoms with Crippen molar-refractivity contribution in [1.29, 1.82) is 0 Å². The second-order valence-corrected chi connectivity index (χ2v) is 4.25. The summed E-state index contributed by atoms with van der Waals surface area (Å²) in [4.78, 5) is 10.8. The lowest BCUT2D eigenvalue weighted by Gasteiger charge is -2.04. The fourth-order valence-corrected chi connectivity index (χ4v) is 1.24. The Morgan fingerprint density at radius 3 is 2.35 bits per heavy atom. The molecule has 0 aliphatic carbocycles. The molecule has 1 rings (SSSR count). The molecule has 0 spiro atoms. The fraction of sp³-hybridized carbons (Fsp3) is 0.417. The zero-order valence-electron chi connectivity index (χ0n) is 10.1. The van der Waals surface area contributed by atoms with Crippen molar-refractivity contribution in [2.45, 2.75) is 26.8 Å². The molecule has 0 bridgehead atoms. The predicted octanol–water partition coefficient (Wildman–Crippen LogP) is 2.98. The minimum Gasteiger partial charge on any atom is -0.351 e. The molecule has 3 nitrogen and oxygen atoms in total. The largest absolute Gasteiger partial charge is 0.351 e. The van der Waals surface area contributed by atoms with E-state index in [0.717, 1.165) is 5.56 Å². The van der Waals surface area contributed by atoms with Gasteiger partial charge in [0.1, 0.15) is 0 Å². The maximum absolute atomic E-state index is 10.8. The molecule has 96 valence electrons. The Kier molecular flexibility index (Phi) is 8.86. The number of hydrogen-bond donors (Lipinski definition) is 2. The zero-order chi connectivity index (χ0) is 13.3. The van der Waals surface area contributed by atoms with E-state index >= 15 is 0 Å². The molecule has 0 atom stereocenters. The Morgan fingerprint density at radius 2 is 1.88 bits per heavy atom. The number of carbonyl (C=O) groups is 1. The standard InChI is InChI=1S/C9H10Cl2N2O.C3H8/c10-7-2-1-6(3-8(7)11)5-13-9(14)4-12;1-3-2/h1-3H,4-5,12H2,(H,13,14);3H2,1-2H3. The lowest BCUT2D eigenvalue weighted by atomic mass is 10.2. The molecule has 0 radical (unpaired) electrons. The molecule has 5 heteroatoms. The maximum atomic E-state index is 10.8. The minimum absolute atomic E-state index is 0.0126. The average Bonchev–Trinajstić information content (AvgIpc) is 2.31. The van der Waals surface area contributed by atoms with E-state index in [9.17, 15) is 4.79 Å². The molecule has 0 heterocycles. The second kappa shape index (κ2) is 9.28. The molecule has 0 saturated carbocycles. The number of benzene rings is 1. The molecular weight excluding hydrogens is 259 g/mol. The number of nitrogens with one attached hydrogen (secondary N) is 1. The normalized spacial score (nSPS) is 9.24. The molecule has 0 aliphatic rings. The number of carbonyl (C=O) groups excluding carboxylic acids is 1. The average molecular weight is 277 g/mol. The number of amides is 1. The number of hydrogen-bond acceptors (Lipinski definition) is 2. The van der Waals surface area contributed by atoms with E-state index < -0.39 is 0 Å². The van der Waals surface area contributed by atoms with Gasteiger partial charge in [0.05, 0.1) is 16.6 Å². The summed E-state index contributed by atoms with van der Waals surface area (Å²) in [7, 11) is 0. The third-order valence-corrected chi connectivity index (χ3v) is 2.40. The summed E-state index contributed by atoms with van der Waals surface area (Å²) >= 11 is 11.5. The van der Waals surface area contributed by atoms with E-state index in [1.165, 1.54) is 6.42 Å². The third kappa shape index (κ3) is 7.21. The van der Waals surface area contributed by atoms with Crippen LogP contribution in [0.4, 0.5) is 0 Å².